The van der Waals surface area contributed by atoms with Crippen molar-refractivity contribution in [1.29, 1.82) is 0 Å². The maximum absolute atomic E-state index is 12.8. The van der Waals surface area contributed by atoms with Crippen LogP contribution in [-0.4, -0.2) is 22.1 Å². The van der Waals surface area contributed by atoms with Crippen molar-refractivity contribution < 1.29 is 9.21 Å². The van der Waals surface area contributed by atoms with Gasteiger partial charge in [-0.05, 0) is 44.0 Å². The highest BCUT2D eigenvalue weighted by Gasteiger charge is 2.34. The standard InChI is InChI=1S/C19H17N3O2/c1-12-7-9-14(10-8-12)17-20-21-18(24-17)19(23)22-13(2)11-15-5-3-4-6-16(15)22/h3-10,13H,11H2,1-2H3. The first-order valence-corrected chi connectivity index (χ1v) is 7.95. The normalized spacial score (nSPS) is 16.2. The van der Waals surface area contributed by atoms with Crippen LogP contribution in [0.4, 0.5) is 5.69 Å². The first-order valence-electron chi connectivity index (χ1n) is 7.95. The predicted molar refractivity (Wildman–Crippen MR) is 90.9 cm³/mol. The smallest absolute Gasteiger partial charge is 0.316 e. The number of para-hydroxylation sites is 1. The molecule has 5 heteroatoms. The van der Waals surface area contributed by atoms with Crippen LogP contribution in [0.2, 0.25) is 0 Å². The summed E-state index contributed by atoms with van der Waals surface area (Å²) in [7, 11) is 0. The van der Waals surface area contributed by atoms with Gasteiger partial charge in [0.05, 0.1) is 0 Å². The second-order valence-electron chi connectivity index (χ2n) is 6.14. The summed E-state index contributed by atoms with van der Waals surface area (Å²) < 4.78 is 5.63. The molecule has 2 heterocycles. The third-order valence-corrected chi connectivity index (χ3v) is 4.33. The van der Waals surface area contributed by atoms with Gasteiger partial charge in [-0.1, -0.05) is 35.9 Å². The van der Waals surface area contributed by atoms with Gasteiger partial charge in [-0.2, -0.15) is 0 Å². The zero-order valence-electron chi connectivity index (χ0n) is 13.6. The van der Waals surface area contributed by atoms with Crippen molar-refractivity contribution >= 4 is 11.6 Å². The van der Waals surface area contributed by atoms with E-state index >= 15 is 0 Å². The molecule has 0 aliphatic carbocycles. The number of carbonyl (C=O) groups is 1. The van der Waals surface area contributed by atoms with E-state index in [1.807, 2.05) is 62.4 Å². The maximum atomic E-state index is 12.8. The van der Waals surface area contributed by atoms with Crippen LogP contribution < -0.4 is 4.90 Å². The third-order valence-electron chi connectivity index (χ3n) is 4.33. The van der Waals surface area contributed by atoms with E-state index in [4.69, 9.17) is 4.42 Å². The molecule has 0 saturated heterocycles. The summed E-state index contributed by atoms with van der Waals surface area (Å²) in [4.78, 5) is 14.6. The van der Waals surface area contributed by atoms with Crippen molar-refractivity contribution in [3.05, 3.63) is 65.5 Å². The minimum atomic E-state index is -0.252. The Labute approximate surface area is 139 Å². The number of benzene rings is 2. The number of anilines is 1. The second-order valence-corrected chi connectivity index (χ2v) is 6.14. The van der Waals surface area contributed by atoms with Gasteiger partial charge in [-0.3, -0.25) is 4.79 Å². The van der Waals surface area contributed by atoms with Crippen molar-refractivity contribution in [3.8, 4) is 11.5 Å². The number of hydrogen-bond acceptors (Lipinski definition) is 4. The summed E-state index contributed by atoms with van der Waals surface area (Å²) in [6.07, 6.45) is 0.834. The Hall–Kier alpha value is -2.95. The SMILES string of the molecule is Cc1ccc(-c2nnc(C(=O)N3c4ccccc4CC3C)o2)cc1. The number of aryl methyl sites for hydroxylation is 1. The summed E-state index contributed by atoms with van der Waals surface area (Å²) in [5, 5.41) is 7.98. The molecule has 2 aromatic carbocycles. The summed E-state index contributed by atoms with van der Waals surface area (Å²) in [6.45, 7) is 4.04. The van der Waals surface area contributed by atoms with Crippen molar-refractivity contribution in [2.24, 2.45) is 0 Å². The van der Waals surface area contributed by atoms with Gasteiger partial charge in [-0.25, -0.2) is 0 Å². The Balaban J connectivity index is 1.65. The van der Waals surface area contributed by atoms with Crippen LogP contribution in [0.3, 0.4) is 0 Å². The van der Waals surface area contributed by atoms with Gasteiger partial charge < -0.3 is 9.32 Å². The van der Waals surface area contributed by atoms with Crippen LogP contribution in [0.25, 0.3) is 11.5 Å². The molecule has 0 N–H and O–H groups in total. The van der Waals surface area contributed by atoms with Crippen LogP contribution in [-0.2, 0) is 6.42 Å². The molecule has 1 aliphatic rings. The first-order chi connectivity index (χ1) is 11.6. The van der Waals surface area contributed by atoms with Crippen LogP contribution in [0, 0.1) is 6.92 Å². The topological polar surface area (TPSA) is 59.2 Å². The van der Waals surface area contributed by atoms with E-state index in [9.17, 15) is 4.79 Å². The monoisotopic (exact) mass is 319 g/mol. The molecule has 24 heavy (non-hydrogen) atoms. The molecule has 3 aromatic rings. The molecular formula is C19H17N3O2. The quantitative estimate of drug-likeness (QED) is 0.723. The highest BCUT2D eigenvalue weighted by atomic mass is 16.4. The lowest BCUT2D eigenvalue weighted by Gasteiger charge is -2.20. The van der Waals surface area contributed by atoms with Crippen molar-refractivity contribution in [2.45, 2.75) is 26.3 Å². The molecule has 4 rings (SSSR count). The zero-order valence-corrected chi connectivity index (χ0v) is 13.6. The minimum Gasteiger partial charge on any atom is -0.412 e. The average Bonchev–Trinajstić information content (AvgIpc) is 3.19. The number of nitrogens with zero attached hydrogens (tertiary/aromatic N) is 3. The number of hydrogen-bond donors (Lipinski definition) is 0. The largest absolute Gasteiger partial charge is 0.412 e. The number of carbonyl (C=O) groups excluding carboxylic acids is 1. The van der Waals surface area contributed by atoms with Gasteiger partial charge in [0.25, 0.3) is 0 Å². The van der Waals surface area contributed by atoms with Crippen LogP contribution >= 0.6 is 0 Å². The maximum Gasteiger partial charge on any atom is 0.316 e. The number of rotatable bonds is 2. The number of fused-ring (bicyclic) bond motifs is 1. The fourth-order valence-corrected chi connectivity index (χ4v) is 3.10. The molecule has 0 fully saturated rings. The lowest BCUT2D eigenvalue weighted by Crippen LogP contribution is -2.35. The van der Waals surface area contributed by atoms with Gasteiger partial charge in [0.1, 0.15) is 0 Å². The van der Waals surface area contributed by atoms with Gasteiger partial charge in [0, 0.05) is 17.3 Å². The van der Waals surface area contributed by atoms with Crippen LogP contribution in [0.5, 0.6) is 0 Å². The average molecular weight is 319 g/mol. The van der Waals surface area contributed by atoms with E-state index in [1.54, 1.807) is 4.90 Å². The van der Waals surface area contributed by atoms with E-state index in [2.05, 4.69) is 10.2 Å². The third kappa shape index (κ3) is 2.38. The Morgan fingerprint density at radius 1 is 1.12 bits per heavy atom. The van der Waals surface area contributed by atoms with Gasteiger partial charge in [0.2, 0.25) is 5.89 Å². The molecule has 1 aromatic heterocycles. The van der Waals surface area contributed by atoms with E-state index in [0.717, 1.165) is 28.8 Å². The lowest BCUT2D eigenvalue weighted by molar-refractivity contribution is 0.0948. The van der Waals surface area contributed by atoms with E-state index in [0.29, 0.717) is 5.89 Å². The minimum absolute atomic E-state index is 0.0223. The molecule has 1 amide bonds. The van der Waals surface area contributed by atoms with E-state index < -0.39 is 0 Å². The summed E-state index contributed by atoms with van der Waals surface area (Å²) in [6, 6.07) is 15.8. The predicted octanol–water partition coefficient (Wildman–Crippen LogP) is 3.64. The van der Waals surface area contributed by atoms with Crippen molar-refractivity contribution in [3.63, 3.8) is 0 Å². The summed E-state index contributed by atoms with van der Waals surface area (Å²) in [5.74, 6) is 0.130. The van der Waals surface area contributed by atoms with Crippen molar-refractivity contribution in [1.82, 2.24) is 10.2 Å². The fraction of sp³-hybridized carbons (Fsp3) is 0.211. The second kappa shape index (κ2) is 5.60. The van der Waals surface area contributed by atoms with Crippen LogP contribution in [0.1, 0.15) is 28.7 Å². The fourth-order valence-electron chi connectivity index (χ4n) is 3.10. The van der Waals surface area contributed by atoms with Gasteiger partial charge in [-0.15, -0.1) is 10.2 Å². The molecular weight excluding hydrogens is 302 g/mol. The molecule has 5 nitrogen and oxygen atoms in total. The number of aromatic nitrogens is 2. The molecule has 0 bridgehead atoms. The summed E-state index contributed by atoms with van der Waals surface area (Å²) in [5.41, 5.74) is 4.04. The lowest BCUT2D eigenvalue weighted by atomic mass is 10.1. The van der Waals surface area contributed by atoms with Crippen LogP contribution in [0.15, 0.2) is 52.9 Å². The molecule has 1 unspecified atom stereocenters. The Bertz CT molecular complexity index is 899. The first kappa shape index (κ1) is 14.6. The summed E-state index contributed by atoms with van der Waals surface area (Å²) >= 11 is 0. The molecule has 1 aliphatic heterocycles. The Morgan fingerprint density at radius 3 is 2.67 bits per heavy atom. The Morgan fingerprint density at radius 2 is 1.88 bits per heavy atom. The molecule has 0 spiro atoms. The molecule has 0 radical (unpaired) electrons. The van der Waals surface area contributed by atoms with Gasteiger partial charge in [0.15, 0.2) is 0 Å². The van der Waals surface area contributed by atoms with E-state index in [-0.39, 0.29) is 17.8 Å². The molecule has 120 valence electrons. The highest BCUT2D eigenvalue weighted by Crippen LogP contribution is 2.33. The van der Waals surface area contributed by atoms with E-state index in [1.165, 1.54) is 0 Å². The highest BCUT2D eigenvalue weighted by molar-refractivity contribution is 6.04. The molecule has 1 atom stereocenters. The molecule has 0 saturated carbocycles. The van der Waals surface area contributed by atoms with Gasteiger partial charge >= 0.3 is 11.8 Å². The zero-order chi connectivity index (χ0) is 16.7. The van der Waals surface area contributed by atoms with Crippen molar-refractivity contribution in [2.75, 3.05) is 4.90 Å². The Kier molecular flexibility index (Phi) is 3.41. The number of amides is 1.